The van der Waals surface area contributed by atoms with E-state index in [1.165, 1.54) is 31.2 Å². The smallest absolute Gasteiger partial charge is 0.185 e. The van der Waals surface area contributed by atoms with Crippen molar-refractivity contribution in [1.82, 2.24) is 14.8 Å². The number of halogens is 2. The van der Waals surface area contributed by atoms with Crippen molar-refractivity contribution in [2.24, 2.45) is 5.41 Å². The third kappa shape index (κ3) is 2.09. The Kier molecular flexibility index (Phi) is 3.21. The molecule has 0 N–H and O–H groups in total. The predicted octanol–water partition coefficient (Wildman–Crippen LogP) is 1.58. The lowest BCUT2D eigenvalue weighted by molar-refractivity contribution is -0.129. The molecule has 1 aromatic rings. The summed E-state index contributed by atoms with van der Waals surface area (Å²) < 4.78 is 13.7. The molecular formula is C8H11ClFN3O. The molecule has 1 atom stereocenters. The van der Waals surface area contributed by atoms with Crippen molar-refractivity contribution in [2.45, 2.75) is 19.3 Å². The van der Waals surface area contributed by atoms with E-state index in [1.807, 2.05) is 0 Å². The Hall–Kier alpha value is -0.970. The molecule has 0 aliphatic heterocycles. The molecule has 0 saturated carbocycles. The van der Waals surface area contributed by atoms with Crippen molar-refractivity contribution in [1.29, 1.82) is 0 Å². The quantitative estimate of drug-likeness (QED) is 0.723. The largest absolute Gasteiger partial charge is 0.295 e. The van der Waals surface area contributed by atoms with Crippen LogP contribution < -0.4 is 0 Å². The Balaban J connectivity index is 2.81. The van der Waals surface area contributed by atoms with Gasteiger partial charge in [0.25, 0.3) is 0 Å². The van der Waals surface area contributed by atoms with E-state index >= 15 is 0 Å². The highest BCUT2D eigenvalue weighted by atomic mass is 35.5. The fourth-order valence-corrected chi connectivity index (χ4v) is 1.24. The molecule has 1 unspecified atom stereocenters. The SMILES string of the molecule is CC(C)(CF)C(=O)C(Cl)n1cncn1. The Morgan fingerprint density at radius 2 is 2.36 bits per heavy atom. The lowest BCUT2D eigenvalue weighted by atomic mass is 9.89. The van der Waals surface area contributed by atoms with Crippen molar-refractivity contribution in [3.8, 4) is 0 Å². The number of nitrogens with zero attached hydrogens (tertiary/aromatic N) is 3. The van der Waals surface area contributed by atoms with Crippen LogP contribution in [-0.2, 0) is 4.79 Å². The van der Waals surface area contributed by atoms with Crippen molar-refractivity contribution in [3.63, 3.8) is 0 Å². The van der Waals surface area contributed by atoms with E-state index in [2.05, 4.69) is 10.1 Å². The first-order chi connectivity index (χ1) is 6.49. The first-order valence-corrected chi connectivity index (χ1v) is 4.51. The second-order valence-electron chi connectivity index (χ2n) is 3.59. The highest BCUT2D eigenvalue weighted by molar-refractivity contribution is 6.29. The van der Waals surface area contributed by atoms with Crippen LogP contribution in [0.25, 0.3) is 0 Å². The van der Waals surface area contributed by atoms with Gasteiger partial charge in [0.2, 0.25) is 0 Å². The summed E-state index contributed by atoms with van der Waals surface area (Å²) in [6.45, 7) is 2.26. The van der Waals surface area contributed by atoms with E-state index in [9.17, 15) is 9.18 Å². The number of aromatic nitrogens is 3. The molecule has 1 aromatic heterocycles. The van der Waals surface area contributed by atoms with Crippen LogP contribution in [0.15, 0.2) is 12.7 Å². The molecule has 14 heavy (non-hydrogen) atoms. The summed E-state index contributed by atoms with van der Waals surface area (Å²) in [7, 11) is 0. The van der Waals surface area contributed by atoms with E-state index in [0.717, 1.165) is 0 Å². The third-order valence-electron chi connectivity index (χ3n) is 1.89. The average molecular weight is 220 g/mol. The number of ketones is 1. The molecule has 6 heteroatoms. The van der Waals surface area contributed by atoms with Crippen LogP contribution in [0.3, 0.4) is 0 Å². The molecule has 0 amide bonds. The predicted molar refractivity (Wildman–Crippen MR) is 49.7 cm³/mol. The molecule has 0 fully saturated rings. The summed E-state index contributed by atoms with van der Waals surface area (Å²) in [4.78, 5) is 15.3. The zero-order valence-electron chi connectivity index (χ0n) is 7.94. The van der Waals surface area contributed by atoms with E-state index in [1.54, 1.807) is 0 Å². The molecule has 0 saturated heterocycles. The molecule has 0 spiro atoms. The fourth-order valence-electron chi connectivity index (χ4n) is 0.843. The molecule has 0 bridgehead atoms. The zero-order valence-corrected chi connectivity index (χ0v) is 8.70. The summed E-state index contributed by atoms with van der Waals surface area (Å²) in [6, 6.07) is 0. The van der Waals surface area contributed by atoms with Gasteiger partial charge in [-0.05, 0) is 0 Å². The van der Waals surface area contributed by atoms with Crippen LogP contribution >= 0.6 is 11.6 Å². The highest BCUT2D eigenvalue weighted by Crippen LogP contribution is 2.26. The molecule has 1 rings (SSSR count). The van der Waals surface area contributed by atoms with Crippen molar-refractivity contribution in [3.05, 3.63) is 12.7 Å². The molecule has 0 aliphatic carbocycles. The van der Waals surface area contributed by atoms with Gasteiger partial charge in [0.15, 0.2) is 11.3 Å². The van der Waals surface area contributed by atoms with Crippen LogP contribution in [0, 0.1) is 5.41 Å². The van der Waals surface area contributed by atoms with E-state index < -0.39 is 23.4 Å². The molecule has 0 radical (unpaired) electrons. The number of alkyl halides is 2. The van der Waals surface area contributed by atoms with Crippen molar-refractivity contribution < 1.29 is 9.18 Å². The second kappa shape index (κ2) is 4.04. The van der Waals surface area contributed by atoms with Gasteiger partial charge in [0.1, 0.15) is 19.3 Å². The average Bonchev–Trinajstić information content (AvgIpc) is 2.68. The maximum atomic E-state index is 12.5. The zero-order chi connectivity index (χ0) is 10.8. The molecule has 1 heterocycles. The molecule has 0 aromatic carbocycles. The summed E-state index contributed by atoms with van der Waals surface area (Å²) in [5.41, 5.74) is -2.08. The van der Waals surface area contributed by atoms with Crippen LogP contribution in [0.2, 0.25) is 0 Å². The molecule has 78 valence electrons. The van der Waals surface area contributed by atoms with Crippen LogP contribution in [0.5, 0.6) is 0 Å². The summed E-state index contributed by atoms with van der Waals surface area (Å²) >= 11 is 5.81. The topological polar surface area (TPSA) is 47.8 Å². The Morgan fingerprint density at radius 1 is 1.71 bits per heavy atom. The first-order valence-electron chi connectivity index (χ1n) is 4.07. The molecule has 0 aliphatic rings. The van der Waals surface area contributed by atoms with Gasteiger partial charge >= 0.3 is 0 Å². The minimum atomic E-state index is -1.08. The lowest BCUT2D eigenvalue weighted by Crippen LogP contribution is -2.32. The Labute approximate surface area is 86.1 Å². The van der Waals surface area contributed by atoms with Crippen LogP contribution in [-0.4, -0.2) is 27.2 Å². The molecule has 4 nitrogen and oxygen atoms in total. The number of hydrogen-bond acceptors (Lipinski definition) is 3. The normalized spacial score (nSPS) is 14.0. The number of rotatable bonds is 4. The lowest BCUT2D eigenvalue weighted by Gasteiger charge is -2.21. The van der Waals surface area contributed by atoms with Crippen molar-refractivity contribution in [2.75, 3.05) is 6.67 Å². The van der Waals surface area contributed by atoms with Crippen LogP contribution in [0.4, 0.5) is 4.39 Å². The summed E-state index contributed by atoms with van der Waals surface area (Å²) in [6.07, 6.45) is 2.59. The van der Waals surface area contributed by atoms with Gasteiger partial charge in [0.05, 0.1) is 5.41 Å². The van der Waals surface area contributed by atoms with E-state index in [4.69, 9.17) is 11.6 Å². The van der Waals surface area contributed by atoms with Gasteiger partial charge in [-0.25, -0.2) is 9.67 Å². The maximum Gasteiger partial charge on any atom is 0.185 e. The summed E-state index contributed by atoms with van der Waals surface area (Å²) in [5, 5.41) is 3.72. The number of carbonyl (C=O) groups is 1. The van der Waals surface area contributed by atoms with E-state index in [0.29, 0.717) is 0 Å². The third-order valence-corrected chi connectivity index (χ3v) is 2.28. The van der Waals surface area contributed by atoms with E-state index in [-0.39, 0.29) is 0 Å². The minimum Gasteiger partial charge on any atom is -0.295 e. The minimum absolute atomic E-state index is 0.410. The van der Waals surface area contributed by atoms with Gasteiger partial charge in [0, 0.05) is 0 Å². The standard InChI is InChI=1S/C8H11ClFN3O/c1-8(2,3-10)6(14)7(9)13-5-11-4-12-13/h4-5,7H,3H2,1-2H3. The van der Waals surface area contributed by atoms with Gasteiger partial charge in [-0.2, -0.15) is 5.10 Å². The Bertz CT molecular complexity index is 312. The monoisotopic (exact) mass is 219 g/mol. The number of carbonyl (C=O) groups excluding carboxylic acids is 1. The summed E-state index contributed by atoms with van der Waals surface area (Å²) in [5.74, 6) is -0.410. The fraction of sp³-hybridized carbons (Fsp3) is 0.625. The van der Waals surface area contributed by atoms with Gasteiger partial charge < -0.3 is 0 Å². The first kappa shape index (κ1) is 11.1. The highest BCUT2D eigenvalue weighted by Gasteiger charge is 2.34. The van der Waals surface area contributed by atoms with Gasteiger partial charge in [-0.1, -0.05) is 25.4 Å². The van der Waals surface area contributed by atoms with Crippen molar-refractivity contribution >= 4 is 17.4 Å². The number of hydrogen-bond donors (Lipinski definition) is 0. The Morgan fingerprint density at radius 3 is 2.79 bits per heavy atom. The van der Waals surface area contributed by atoms with Gasteiger partial charge in [-0.15, -0.1) is 0 Å². The second-order valence-corrected chi connectivity index (χ2v) is 4.01. The maximum absolute atomic E-state index is 12.5. The van der Waals surface area contributed by atoms with Crippen LogP contribution in [0.1, 0.15) is 19.3 Å². The number of Topliss-reactive ketones (excluding diaryl/α,β-unsaturated/α-hetero) is 1. The van der Waals surface area contributed by atoms with Gasteiger partial charge in [-0.3, -0.25) is 9.18 Å². The molecular weight excluding hydrogens is 209 g/mol.